The Hall–Kier alpha value is -1.65. The molecule has 1 saturated heterocycles. The van der Waals surface area contributed by atoms with Gasteiger partial charge >= 0.3 is 5.97 Å². The average molecular weight is 239 g/mol. The number of ether oxygens (including phenoxy) is 1. The van der Waals surface area contributed by atoms with E-state index in [1.54, 1.807) is 13.0 Å². The molecule has 1 rings (SSSR count). The van der Waals surface area contributed by atoms with Crippen LogP contribution in [0.25, 0.3) is 0 Å². The fourth-order valence-corrected chi connectivity index (χ4v) is 1.71. The third-order valence-corrected chi connectivity index (χ3v) is 2.62. The quantitative estimate of drug-likeness (QED) is 0.399. The summed E-state index contributed by atoms with van der Waals surface area (Å²) in [5, 5.41) is 0. The predicted molar refractivity (Wildman–Crippen MR) is 61.1 cm³/mol. The van der Waals surface area contributed by atoms with E-state index in [2.05, 4.69) is 6.58 Å². The van der Waals surface area contributed by atoms with Gasteiger partial charge in [-0.1, -0.05) is 6.08 Å². The van der Waals surface area contributed by atoms with Crippen LogP contribution in [0.3, 0.4) is 0 Å². The van der Waals surface area contributed by atoms with E-state index in [0.717, 1.165) is 0 Å². The van der Waals surface area contributed by atoms with Crippen LogP contribution in [0.1, 0.15) is 19.8 Å². The first-order valence-corrected chi connectivity index (χ1v) is 5.68. The molecule has 5 heteroatoms. The Morgan fingerprint density at radius 3 is 2.88 bits per heavy atom. The van der Waals surface area contributed by atoms with Crippen molar-refractivity contribution in [1.82, 2.24) is 4.90 Å². The first-order chi connectivity index (χ1) is 8.10. The van der Waals surface area contributed by atoms with Gasteiger partial charge < -0.3 is 9.64 Å². The van der Waals surface area contributed by atoms with Gasteiger partial charge in [0.1, 0.15) is 5.92 Å². The molecule has 0 N–H and O–H groups in total. The predicted octanol–water partition coefficient (Wildman–Crippen LogP) is 0.543. The Labute approximate surface area is 100 Å². The maximum atomic E-state index is 11.6. The van der Waals surface area contributed by atoms with Crippen LogP contribution in [-0.4, -0.2) is 42.3 Å². The number of hydrogen-bond acceptors (Lipinski definition) is 4. The number of likely N-dealkylation sites (tertiary alicyclic amines) is 1. The van der Waals surface area contributed by atoms with Gasteiger partial charge in [-0.2, -0.15) is 0 Å². The summed E-state index contributed by atoms with van der Waals surface area (Å²) < 4.78 is 4.79. The van der Waals surface area contributed by atoms with Crippen LogP contribution in [0.5, 0.6) is 0 Å². The Morgan fingerprint density at radius 1 is 1.59 bits per heavy atom. The second kappa shape index (κ2) is 6.18. The number of rotatable bonds is 5. The van der Waals surface area contributed by atoms with Gasteiger partial charge in [-0.25, -0.2) is 0 Å². The van der Waals surface area contributed by atoms with Crippen molar-refractivity contribution in [3.63, 3.8) is 0 Å². The molecular formula is C12H17NO4. The maximum absolute atomic E-state index is 11.6. The molecule has 0 radical (unpaired) electrons. The van der Waals surface area contributed by atoms with E-state index in [0.29, 0.717) is 12.8 Å². The highest BCUT2D eigenvalue weighted by molar-refractivity contribution is 6.03. The molecule has 94 valence electrons. The highest BCUT2D eigenvalue weighted by Crippen LogP contribution is 2.16. The van der Waals surface area contributed by atoms with Crippen molar-refractivity contribution in [2.75, 3.05) is 19.7 Å². The lowest BCUT2D eigenvalue weighted by Gasteiger charge is -2.14. The minimum absolute atomic E-state index is 0.0134. The molecule has 1 aliphatic heterocycles. The van der Waals surface area contributed by atoms with E-state index in [4.69, 9.17) is 4.74 Å². The number of hydrogen-bond donors (Lipinski definition) is 0. The van der Waals surface area contributed by atoms with E-state index >= 15 is 0 Å². The van der Waals surface area contributed by atoms with E-state index in [9.17, 15) is 14.4 Å². The number of esters is 1. The number of carbonyl (C=O) groups is 3. The molecule has 1 atom stereocenters. The molecular weight excluding hydrogens is 222 g/mol. The van der Waals surface area contributed by atoms with Crippen molar-refractivity contribution in [3.8, 4) is 0 Å². The largest absolute Gasteiger partial charge is 0.465 e. The fourth-order valence-electron chi connectivity index (χ4n) is 1.71. The molecule has 0 spiro atoms. The van der Waals surface area contributed by atoms with E-state index in [1.165, 1.54) is 4.90 Å². The lowest BCUT2D eigenvalue weighted by Crippen LogP contribution is -2.30. The molecule has 1 heterocycles. The molecule has 1 aliphatic rings. The molecule has 1 fully saturated rings. The summed E-state index contributed by atoms with van der Waals surface area (Å²) in [6.45, 7) is 5.62. The Balaban J connectivity index is 2.54. The maximum Gasteiger partial charge on any atom is 0.318 e. The minimum Gasteiger partial charge on any atom is -0.465 e. The van der Waals surface area contributed by atoms with Gasteiger partial charge in [-0.15, -0.1) is 6.58 Å². The summed E-state index contributed by atoms with van der Waals surface area (Å²) in [5.74, 6) is -1.69. The standard InChI is InChI=1S/C12H17NO4/c1-3-5-6-11(15)13-7-9(10(14)8-13)12(16)17-4-2/h3,9H,1,4-8H2,2H3. The van der Waals surface area contributed by atoms with Crippen molar-refractivity contribution in [2.45, 2.75) is 19.8 Å². The lowest BCUT2D eigenvalue weighted by molar-refractivity contribution is -0.149. The number of ketones is 1. The summed E-state index contributed by atoms with van der Waals surface area (Å²) in [4.78, 5) is 36.1. The van der Waals surface area contributed by atoms with Crippen molar-refractivity contribution in [1.29, 1.82) is 0 Å². The van der Waals surface area contributed by atoms with Gasteiger partial charge in [0.2, 0.25) is 5.91 Å². The molecule has 0 aromatic heterocycles. The van der Waals surface area contributed by atoms with Crippen LogP contribution in [0.4, 0.5) is 0 Å². The molecule has 0 bridgehead atoms. The molecule has 0 aromatic carbocycles. The summed E-state index contributed by atoms with van der Waals surface area (Å²) in [6, 6.07) is 0. The number of carbonyl (C=O) groups excluding carboxylic acids is 3. The van der Waals surface area contributed by atoms with Gasteiger partial charge in [0.15, 0.2) is 5.78 Å². The van der Waals surface area contributed by atoms with E-state index in [-0.39, 0.29) is 31.4 Å². The summed E-state index contributed by atoms with van der Waals surface area (Å²) in [7, 11) is 0. The highest BCUT2D eigenvalue weighted by Gasteiger charge is 2.38. The normalized spacial score (nSPS) is 19.2. The van der Waals surface area contributed by atoms with Crippen molar-refractivity contribution >= 4 is 17.7 Å². The van der Waals surface area contributed by atoms with Crippen molar-refractivity contribution in [2.24, 2.45) is 5.92 Å². The summed E-state index contributed by atoms with van der Waals surface area (Å²) >= 11 is 0. The molecule has 0 aromatic rings. The minimum atomic E-state index is -0.803. The number of Topliss-reactive ketones (excluding diaryl/α,β-unsaturated/α-hetero) is 1. The van der Waals surface area contributed by atoms with Gasteiger partial charge in [0.25, 0.3) is 0 Å². The number of nitrogens with zero attached hydrogens (tertiary/aromatic N) is 1. The highest BCUT2D eigenvalue weighted by atomic mass is 16.5. The molecule has 5 nitrogen and oxygen atoms in total. The van der Waals surface area contributed by atoms with Crippen LogP contribution < -0.4 is 0 Å². The van der Waals surface area contributed by atoms with Gasteiger partial charge in [-0.3, -0.25) is 14.4 Å². The molecule has 1 amide bonds. The van der Waals surface area contributed by atoms with Crippen molar-refractivity contribution < 1.29 is 19.1 Å². The Kier molecular flexibility index (Phi) is 4.87. The average Bonchev–Trinajstić information content (AvgIpc) is 2.68. The van der Waals surface area contributed by atoms with E-state index in [1.807, 2.05) is 0 Å². The lowest BCUT2D eigenvalue weighted by atomic mass is 10.1. The SMILES string of the molecule is C=CCCC(=O)N1CC(=O)C(C(=O)OCC)C1. The monoisotopic (exact) mass is 239 g/mol. The zero-order valence-electron chi connectivity index (χ0n) is 9.98. The number of amides is 1. The molecule has 17 heavy (non-hydrogen) atoms. The smallest absolute Gasteiger partial charge is 0.318 e. The van der Waals surface area contributed by atoms with Crippen LogP contribution in [0.15, 0.2) is 12.7 Å². The molecule has 1 unspecified atom stereocenters. The summed E-state index contributed by atoms with van der Waals surface area (Å²) in [6.07, 6.45) is 2.55. The zero-order chi connectivity index (χ0) is 12.8. The Morgan fingerprint density at radius 2 is 2.29 bits per heavy atom. The Bertz CT molecular complexity index is 337. The van der Waals surface area contributed by atoms with E-state index < -0.39 is 11.9 Å². The van der Waals surface area contributed by atoms with Gasteiger partial charge in [0, 0.05) is 13.0 Å². The third-order valence-electron chi connectivity index (χ3n) is 2.62. The summed E-state index contributed by atoms with van der Waals surface area (Å²) in [5.41, 5.74) is 0. The third kappa shape index (κ3) is 3.41. The number of allylic oxidation sites excluding steroid dienone is 1. The molecule has 0 saturated carbocycles. The fraction of sp³-hybridized carbons (Fsp3) is 0.583. The van der Waals surface area contributed by atoms with Gasteiger partial charge in [0.05, 0.1) is 13.2 Å². The first-order valence-electron chi connectivity index (χ1n) is 5.68. The van der Waals surface area contributed by atoms with Crippen LogP contribution in [-0.2, 0) is 19.1 Å². The van der Waals surface area contributed by atoms with Crippen LogP contribution in [0, 0.1) is 5.92 Å². The first kappa shape index (κ1) is 13.4. The van der Waals surface area contributed by atoms with Crippen LogP contribution in [0.2, 0.25) is 0 Å². The molecule has 0 aliphatic carbocycles. The second-order valence-corrected chi connectivity index (χ2v) is 3.87. The van der Waals surface area contributed by atoms with Crippen molar-refractivity contribution in [3.05, 3.63) is 12.7 Å². The second-order valence-electron chi connectivity index (χ2n) is 3.87. The zero-order valence-corrected chi connectivity index (χ0v) is 9.98. The van der Waals surface area contributed by atoms with Crippen LogP contribution >= 0.6 is 0 Å². The topological polar surface area (TPSA) is 63.7 Å². The van der Waals surface area contributed by atoms with Gasteiger partial charge in [-0.05, 0) is 13.3 Å².